The number of hydrogen-bond donors (Lipinski definition) is 3. The topological polar surface area (TPSA) is 132 Å². The van der Waals surface area contributed by atoms with E-state index in [9.17, 15) is 9.59 Å². The molecule has 4 N–H and O–H groups in total. The summed E-state index contributed by atoms with van der Waals surface area (Å²) < 4.78 is 5.50. The molecule has 3 aliphatic heterocycles. The zero-order chi connectivity index (χ0) is 31.6. The minimum absolute atomic E-state index is 0.0339. The predicted molar refractivity (Wildman–Crippen MR) is 174 cm³/mol. The Morgan fingerprint density at radius 1 is 1.00 bits per heavy atom. The van der Waals surface area contributed by atoms with Gasteiger partial charge in [0.1, 0.15) is 5.60 Å². The molecule has 0 bridgehead atoms. The van der Waals surface area contributed by atoms with Crippen LogP contribution in [0.3, 0.4) is 0 Å². The number of carbonyl (C=O) groups is 2. The normalized spacial score (nSPS) is 20.5. The van der Waals surface area contributed by atoms with Crippen LogP contribution in [0.4, 0.5) is 27.8 Å². The molecule has 0 spiro atoms. The van der Waals surface area contributed by atoms with Crippen molar-refractivity contribution in [3.05, 3.63) is 34.6 Å². The van der Waals surface area contributed by atoms with Crippen LogP contribution in [-0.4, -0.2) is 114 Å². The molecule has 12 nitrogen and oxygen atoms in total. The number of aromatic nitrogens is 2. The molecule has 0 unspecified atom stereocenters. The number of nitrogens with one attached hydrogen (secondary N) is 2. The maximum absolute atomic E-state index is 12.5. The van der Waals surface area contributed by atoms with Gasteiger partial charge in [0.15, 0.2) is 22.5 Å². The van der Waals surface area contributed by atoms with Crippen LogP contribution in [0.25, 0.3) is 0 Å². The van der Waals surface area contributed by atoms with Crippen LogP contribution in [0.5, 0.6) is 0 Å². The van der Waals surface area contributed by atoms with Crippen molar-refractivity contribution in [2.24, 2.45) is 5.73 Å². The fraction of sp³-hybridized carbons (Fsp3) is 0.613. The van der Waals surface area contributed by atoms with Crippen molar-refractivity contribution < 1.29 is 14.3 Å². The van der Waals surface area contributed by atoms with Gasteiger partial charge in [0.2, 0.25) is 0 Å². The third-order valence-electron chi connectivity index (χ3n) is 8.59. The van der Waals surface area contributed by atoms with Crippen LogP contribution >= 0.6 is 11.6 Å². The Hall–Kier alpha value is -3.35. The fourth-order valence-electron chi connectivity index (χ4n) is 6.21. The number of halogens is 1. The van der Waals surface area contributed by atoms with Crippen molar-refractivity contribution >= 4 is 46.6 Å². The lowest BCUT2D eigenvalue weighted by Gasteiger charge is -2.43. The van der Waals surface area contributed by atoms with Crippen molar-refractivity contribution in [1.29, 1.82) is 0 Å². The summed E-state index contributed by atoms with van der Waals surface area (Å²) in [7, 11) is 2.20. The number of aryl methyl sites for hydroxylation is 1. The second kappa shape index (κ2) is 13.3. The van der Waals surface area contributed by atoms with Gasteiger partial charge in [-0.1, -0.05) is 11.6 Å². The molecule has 44 heavy (non-hydrogen) atoms. The number of nitrogens with two attached hydrogens (primary N) is 1. The number of piperidine rings is 1. The van der Waals surface area contributed by atoms with Gasteiger partial charge in [0.25, 0.3) is 5.91 Å². The monoisotopic (exact) mass is 627 g/mol. The highest BCUT2D eigenvalue weighted by atomic mass is 35.5. The van der Waals surface area contributed by atoms with Crippen molar-refractivity contribution in [1.82, 2.24) is 24.7 Å². The predicted octanol–water partition coefficient (Wildman–Crippen LogP) is 3.92. The Morgan fingerprint density at radius 3 is 2.34 bits per heavy atom. The quantitative estimate of drug-likeness (QED) is 0.415. The highest BCUT2D eigenvalue weighted by Gasteiger charge is 2.31. The summed E-state index contributed by atoms with van der Waals surface area (Å²) >= 11 is 6.42. The number of anilines is 4. The average molecular weight is 628 g/mol. The van der Waals surface area contributed by atoms with Gasteiger partial charge in [-0.05, 0) is 77.8 Å². The summed E-state index contributed by atoms with van der Waals surface area (Å²) in [6.07, 6.45) is 2.66. The standard InChI is InChI=1S/C31H46ClN9O3/c1-20-18-21(6-7-24(20)40-12-9-23(10-13-40)39-16-14-38(5)15-17-39)34-28-25(27(33)42)36-26(32)29(37-28)35-22-8-11-41(19-22)30(43)44-31(2,3)4/h6-7,18,22-23H,8-17,19H2,1-5H3,(H2,33,42)(H2,34,35,37)/t22-/m1/s1. The highest BCUT2D eigenvalue weighted by Crippen LogP contribution is 2.31. The number of hydrogen-bond acceptors (Lipinski definition) is 10. The minimum Gasteiger partial charge on any atom is -0.444 e. The van der Waals surface area contributed by atoms with E-state index in [-0.39, 0.29) is 28.8 Å². The minimum atomic E-state index is -0.734. The lowest BCUT2D eigenvalue weighted by molar-refractivity contribution is 0.0293. The second-order valence-corrected chi connectivity index (χ2v) is 13.5. The van der Waals surface area contributed by atoms with E-state index in [4.69, 9.17) is 22.1 Å². The maximum Gasteiger partial charge on any atom is 0.410 e. The molecule has 0 radical (unpaired) electrons. The molecule has 3 saturated heterocycles. The number of primary amides is 1. The van der Waals surface area contributed by atoms with E-state index in [0.29, 0.717) is 31.4 Å². The van der Waals surface area contributed by atoms with Crippen molar-refractivity contribution in [2.45, 2.75) is 64.6 Å². The van der Waals surface area contributed by atoms with Gasteiger partial charge < -0.3 is 35.8 Å². The molecule has 2 aromatic rings. The lowest BCUT2D eigenvalue weighted by Crippen LogP contribution is -2.52. The largest absolute Gasteiger partial charge is 0.444 e. The smallest absolute Gasteiger partial charge is 0.410 e. The molecular weight excluding hydrogens is 582 g/mol. The molecule has 1 aromatic carbocycles. The van der Waals surface area contributed by atoms with Crippen LogP contribution in [0, 0.1) is 6.92 Å². The molecule has 240 valence electrons. The Labute approximate surface area is 265 Å². The summed E-state index contributed by atoms with van der Waals surface area (Å²) in [5, 5.41) is 6.55. The SMILES string of the molecule is Cc1cc(Nc2nc(N[C@@H]3CCN(C(=O)OC(C)(C)C)C3)c(Cl)nc2C(N)=O)ccc1N1CCC(N2CCN(C)CC2)CC1. The van der Waals surface area contributed by atoms with Gasteiger partial charge in [-0.25, -0.2) is 14.8 Å². The molecule has 0 aliphatic carbocycles. The third-order valence-corrected chi connectivity index (χ3v) is 8.85. The molecule has 13 heteroatoms. The van der Waals surface area contributed by atoms with Gasteiger partial charge in [-0.3, -0.25) is 9.69 Å². The first-order valence-electron chi connectivity index (χ1n) is 15.5. The van der Waals surface area contributed by atoms with E-state index in [2.05, 4.69) is 55.3 Å². The van der Waals surface area contributed by atoms with Crippen LogP contribution < -0.4 is 21.3 Å². The number of nitrogens with zero attached hydrogens (tertiary/aromatic N) is 6. The van der Waals surface area contributed by atoms with Gasteiger partial charge in [0, 0.05) is 75.8 Å². The number of benzene rings is 1. The van der Waals surface area contributed by atoms with Crippen molar-refractivity contribution in [2.75, 3.05) is 74.9 Å². The number of ether oxygens (including phenoxy) is 1. The van der Waals surface area contributed by atoms with Crippen LogP contribution in [0.2, 0.25) is 5.15 Å². The van der Waals surface area contributed by atoms with E-state index >= 15 is 0 Å². The maximum atomic E-state index is 12.5. The van der Waals surface area contributed by atoms with E-state index < -0.39 is 11.5 Å². The number of likely N-dealkylation sites (N-methyl/N-ethyl adjacent to an activating group) is 1. The first-order valence-corrected chi connectivity index (χ1v) is 15.9. The van der Waals surface area contributed by atoms with Crippen molar-refractivity contribution in [3.8, 4) is 0 Å². The molecule has 0 saturated carbocycles. The van der Waals surface area contributed by atoms with E-state index in [1.807, 2.05) is 32.9 Å². The molecule has 3 aliphatic rings. The third kappa shape index (κ3) is 7.83. The Bertz CT molecular complexity index is 1350. The average Bonchev–Trinajstić information content (AvgIpc) is 3.43. The number of carbonyl (C=O) groups excluding carboxylic acids is 2. The number of rotatable bonds is 7. The molecular formula is C31H46ClN9O3. The van der Waals surface area contributed by atoms with Crippen molar-refractivity contribution in [3.63, 3.8) is 0 Å². The molecule has 1 aromatic heterocycles. The van der Waals surface area contributed by atoms with Gasteiger partial charge >= 0.3 is 6.09 Å². The van der Waals surface area contributed by atoms with E-state index in [1.165, 1.54) is 5.69 Å². The zero-order valence-corrected chi connectivity index (χ0v) is 27.3. The molecule has 2 amide bonds. The van der Waals surface area contributed by atoms with Gasteiger partial charge in [-0.15, -0.1) is 0 Å². The summed E-state index contributed by atoms with van der Waals surface area (Å²) in [6.45, 7) is 15.3. The Morgan fingerprint density at radius 2 is 1.70 bits per heavy atom. The number of likely N-dealkylation sites (tertiary alicyclic amines) is 1. The molecule has 3 fully saturated rings. The first-order chi connectivity index (χ1) is 20.9. The first kappa shape index (κ1) is 32.1. The summed E-state index contributed by atoms with van der Waals surface area (Å²) in [4.78, 5) is 42.8. The Kier molecular flexibility index (Phi) is 9.71. The lowest BCUT2D eigenvalue weighted by atomic mass is 10.0. The van der Waals surface area contributed by atoms with E-state index in [0.717, 1.165) is 63.4 Å². The molecule has 5 rings (SSSR count). The fourth-order valence-corrected chi connectivity index (χ4v) is 6.39. The van der Waals surface area contributed by atoms with Crippen LogP contribution in [0.15, 0.2) is 18.2 Å². The molecule has 4 heterocycles. The summed E-state index contributed by atoms with van der Waals surface area (Å²) in [6, 6.07) is 6.70. The number of piperazine rings is 1. The van der Waals surface area contributed by atoms with Crippen LogP contribution in [0.1, 0.15) is 56.1 Å². The van der Waals surface area contributed by atoms with Crippen LogP contribution in [-0.2, 0) is 4.74 Å². The zero-order valence-electron chi connectivity index (χ0n) is 26.5. The highest BCUT2D eigenvalue weighted by molar-refractivity contribution is 6.32. The second-order valence-electron chi connectivity index (χ2n) is 13.2. The Balaban J connectivity index is 1.24. The van der Waals surface area contributed by atoms with Gasteiger partial charge in [-0.2, -0.15) is 0 Å². The summed E-state index contributed by atoms with van der Waals surface area (Å²) in [5.41, 5.74) is 8.13. The number of amides is 2. The van der Waals surface area contributed by atoms with Gasteiger partial charge in [0.05, 0.1) is 0 Å². The van der Waals surface area contributed by atoms with E-state index in [1.54, 1.807) is 4.90 Å². The molecule has 1 atom stereocenters. The summed E-state index contributed by atoms with van der Waals surface area (Å²) in [5.74, 6) is -0.208.